The molecule has 48 heavy (non-hydrogen) atoms. The van der Waals surface area contributed by atoms with Crippen molar-refractivity contribution >= 4 is 11.9 Å². The number of hydrogen-bond donors (Lipinski definition) is 0. The quantitative estimate of drug-likeness (QED) is 0.0480. The van der Waals surface area contributed by atoms with Crippen molar-refractivity contribution in [2.75, 3.05) is 27.4 Å². The van der Waals surface area contributed by atoms with Gasteiger partial charge in [-0.25, -0.2) is 0 Å². The number of rotatable bonds is 37. The Kier molecular flexibility index (Phi) is 34.8. The maximum absolute atomic E-state index is 12.0. The van der Waals surface area contributed by atoms with Crippen molar-refractivity contribution < 1.29 is 28.5 Å². The van der Waals surface area contributed by atoms with E-state index in [4.69, 9.17) is 18.9 Å². The topological polar surface area (TPSA) is 71.1 Å². The largest absolute Gasteiger partial charge is 0.462 e. The minimum Gasteiger partial charge on any atom is -0.462 e. The predicted octanol–water partition coefficient (Wildman–Crippen LogP) is 12.3. The Bertz CT molecular complexity index is 640. The van der Waals surface area contributed by atoms with Crippen molar-refractivity contribution in [1.82, 2.24) is 0 Å². The molecule has 0 saturated carbocycles. The van der Waals surface area contributed by atoms with E-state index in [9.17, 15) is 9.59 Å². The maximum Gasteiger partial charge on any atom is 0.305 e. The zero-order valence-electron chi connectivity index (χ0n) is 33.0. The third-order valence-electron chi connectivity index (χ3n) is 10.2. The highest BCUT2D eigenvalue weighted by molar-refractivity contribution is 5.70. The molecule has 0 aliphatic carbocycles. The number of methoxy groups -OCH3 is 2. The van der Waals surface area contributed by atoms with Gasteiger partial charge in [-0.1, -0.05) is 156 Å². The van der Waals surface area contributed by atoms with Crippen molar-refractivity contribution in [3.8, 4) is 0 Å². The highest BCUT2D eigenvalue weighted by Gasteiger charge is 2.17. The summed E-state index contributed by atoms with van der Waals surface area (Å²) in [6.07, 6.45) is 33.4. The molecular weight excluding hydrogens is 600 g/mol. The molecule has 0 rings (SSSR count). The van der Waals surface area contributed by atoms with Crippen LogP contribution < -0.4 is 0 Å². The molecule has 286 valence electrons. The summed E-state index contributed by atoms with van der Waals surface area (Å²) in [5.74, 6) is 0.878. The number of carbonyl (C=O) groups excluding carboxylic acids is 2. The third-order valence-corrected chi connectivity index (χ3v) is 10.2. The van der Waals surface area contributed by atoms with Gasteiger partial charge in [-0.15, -0.1) is 0 Å². The van der Waals surface area contributed by atoms with E-state index in [1.165, 1.54) is 128 Å². The zero-order chi connectivity index (χ0) is 35.5. The predicted molar refractivity (Wildman–Crippen MR) is 202 cm³/mol. The monoisotopic (exact) mass is 683 g/mol. The van der Waals surface area contributed by atoms with Crippen LogP contribution in [0.5, 0.6) is 0 Å². The average molecular weight is 683 g/mol. The van der Waals surface area contributed by atoms with Crippen LogP contribution in [0.1, 0.15) is 207 Å². The summed E-state index contributed by atoms with van der Waals surface area (Å²) in [6, 6.07) is 0. The summed E-state index contributed by atoms with van der Waals surface area (Å²) in [5, 5.41) is 0. The van der Waals surface area contributed by atoms with Gasteiger partial charge in [0, 0.05) is 27.1 Å². The van der Waals surface area contributed by atoms with Crippen molar-refractivity contribution in [3.05, 3.63) is 0 Å². The second-order valence-electron chi connectivity index (χ2n) is 14.7. The molecule has 6 heteroatoms. The molecule has 0 aromatic carbocycles. The van der Waals surface area contributed by atoms with Crippen LogP contribution in [-0.2, 0) is 28.5 Å². The van der Waals surface area contributed by atoms with E-state index in [1.54, 1.807) is 0 Å². The summed E-state index contributed by atoms with van der Waals surface area (Å²) >= 11 is 0. The van der Waals surface area contributed by atoms with E-state index in [1.807, 2.05) is 14.2 Å². The molecule has 0 amide bonds. The fourth-order valence-corrected chi connectivity index (χ4v) is 6.88. The Hall–Kier alpha value is -1.14. The third kappa shape index (κ3) is 29.7. The fraction of sp³-hybridized carbons (Fsp3) is 0.952. The van der Waals surface area contributed by atoms with Gasteiger partial charge in [0.05, 0.1) is 12.2 Å². The molecule has 0 bridgehead atoms. The van der Waals surface area contributed by atoms with Gasteiger partial charge < -0.3 is 18.9 Å². The smallest absolute Gasteiger partial charge is 0.305 e. The van der Waals surface area contributed by atoms with Crippen LogP contribution in [0.15, 0.2) is 0 Å². The second kappa shape index (κ2) is 35.7. The first-order valence-electron chi connectivity index (χ1n) is 20.8. The van der Waals surface area contributed by atoms with Crippen LogP contribution in [0, 0.1) is 11.8 Å². The molecule has 0 fully saturated rings. The lowest BCUT2D eigenvalue weighted by Gasteiger charge is -2.22. The first-order valence-corrected chi connectivity index (χ1v) is 20.8. The number of hydrogen-bond acceptors (Lipinski definition) is 6. The number of ether oxygens (including phenoxy) is 4. The summed E-state index contributed by atoms with van der Waals surface area (Å²) in [6.45, 7) is 9.52. The lowest BCUT2D eigenvalue weighted by Crippen LogP contribution is -2.20. The standard InChI is InChI=1S/C42H82O6/c1-7-9-11-17-25-31-39(45-5)37(3)29-23-19-13-15-21-27-33-41(43)47-35-36-48-42(44)34-28-22-16-14-20-24-30-38(4)40(46-6)32-26-18-12-10-8-2/h37-40H,7-36H2,1-6H3. The lowest BCUT2D eigenvalue weighted by atomic mass is 9.93. The highest BCUT2D eigenvalue weighted by atomic mass is 16.6. The van der Waals surface area contributed by atoms with E-state index in [0.29, 0.717) is 36.9 Å². The van der Waals surface area contributed by atoms with Gasteiger partial charge in [0.15, 0.2) is 0 Å². The van der Waals surface area contributed by atoms with Crippen LogP contribution >= 0.6 is 0 Å². The first-order chi connectivity index (χ1) is 23.4. The van der Waals surface area contributed by atoms with Crippen molar-refractivity contribution in [2.24, 2.45) is 11.8 Å². The fourth-order valence-electron chi connectivity index (χ4n) is 6.88. The van der Waals surface area contributed by atoms with Gasteiger partial charge >= 0.3 is 11.9 Å². The van der Waals surface area contributed by atoms with Gasteiger partial charge in [-0.2, -0.15) is 0 Å². The second-order valence-corrected chi connectivity index (χ2v) is 14.7. The Morgan fingerprint density at radius 3 is 1.04 bits per heavy atom. The van der Waals surface area contributed by atoms with Gasteiger partial charge in [0.2, 0.25) is 0 Å². The minimum atomic E-state index is -0.185. The van der Waals surface area contributed by atoms with E-state index >= 15 is 0 Å². The van der Waals surface area contributed by atoms with E-state index < -0.39 is 0 Å². The number of carbonyl (C=O) groups is 2. The highest BCUT2D eigenvalue weighted by Crippen LogP contribution is 2.23. The first kappa shape index (κ1) is 46.9. The Morgan fingerprint density at radius 2 is 0.708 bits per heavy atom. The maximum atomic E-state index is 12.0. The SMILES string of the molecule is CCCCCCCC(OC)C(C)CCCCCCCCC(=O)OCCOC(=O)CCCCCCCCC(C)C(CCCCCCC)OC. The Labute approximate surface area is 298 Å². The molecule has 0 aromatic rings. The molecule has 4 atom stereocenters. The molecule has 6 nitrogen and oxygen atoms in total. The number of unbranched alkanes of at least 4 members (excludes halogenated alkanes) is 18. The van der Waals surface area contributed by atoms with Crippen LogP contribution in [0.4, 0.5) is 0 Å². The molecule has 0 radical (unpaired) electrons. The Morgan fingerprint density at radius 1 is 0.417 bits per heavy atom. The van der Waals surface area contributed by atoms with Gasteiger partial charge in [-0.3, -0.25) is 9.59 Å². The van der Waals surface area contributed by atoms with Gasteiger partial charge in [0.25, 0.3) is 0 Å². The molecule has 0 saturated heterocycles. The lowest BCUT2D eigenvalue weighted by molar-refractivity contribution is -0.152. The van der Waals surface area contributed by atoms with Crippen LogP contribution in [0.3, 0.4) is 0 Å². The van der Waals surface area contributed by atoms with E-state index in [2.05, 4.69) is 27.7 Å². The van der Waals surface area contributed by atoms with Crippen LogP contribution in [0.2, 0.25) is 0 Å². The molecule has 0 aliphatic heterocycles. The molecule has 0 spiro atoms. The van der Waals surface area contributed by atoms with Crippen molar-refractivity contribution in [2.45, 2.75) is 220 Å². The molecule has 0 aromatic heterocycles. The van der Waals surface area contributed by atoms with Crippen molar-refractivity contribution in [1.29, 1.82) is 0 Å². The Balaban J connectivity index is 3.60. The van der Waals surface area contributed by atoms with Crippen molar-refractivity contribution in [3.63, 3.8) is 0 Å². The summed E-state index contributed by atoms with van der Waals surface area (Å²) in [5.41, 5.74) is 0. The number of esters is 2. The van der Waals surface area contributed by atoms with Gasteiger partial charge in [-0.05, 0) is 50.4 Å². The molecule has 0 aliphatic rings. The molecule has 0 N–H and O–H groups in total. The van der Waals surface area contributed by atoms with E-state index in [-0.39, 0.29) is 25.2 Å². The zero-order valence-corrected chi connectivity index (χ0v) is 33.0. The molecule has 4 unspecified atom stereocenters. The normalized spacial score (nSPS) is 14.0. The molecular formula is C42H82O6. The average Bonchev–Trinajstić information content (AvgIpc) is 3.08. The summed E-state index contributed by atoms with van der Waals surface area (Å²) < 4.78 is 22.1. The van der Waals surface area contributed by atoms with Crippen LogP contribution in [0.25, 0.3) is 0 Å². The van der Waals surface area contributed by atoms with Crippen LogP contribution in [-0.4, -0.2) is 51.6 Å². The minimum absolute atomic E-state index is 0.158. The summed E-state index contributed by atoms with van der Waals surface area (Å²) in [4.78, 5) is 24.0. The van der Waals surface area contributed by atoms with Gasteiger partial charge in [0.1, 0.15) is 13.2 Å². The van der Waals surface area contributed by atoms with E-state index in [0.717, 1.165) is 38.5 Å². The molecule has 0 heterocycles. The summed E-state index contributed by atoms with van der Waals surface area (Å²) in [7, 11) is 3.73.